The molecule has 0 fully saturated rings. The van der Waals surface area contributed by atoms with E-state index in [1.54, 1.807) is 50.5 Å². The fourth-order valence-electron chi connectivity index (χ4n) is 1.95. The van der Waals surface area contributed by atoms with Gasteiger partial charge in [-0.15, -0.1) is 0 Å². The average Bonchev–Trinajstić information content (AvgIpc) is 2.50. The molecule has 1 heterocycles. The van der Waals surface area contributed by atoms with E-state index < -0.39 is 5.60 Å². The number of rotatable bonds is 5. The Morgan fingerprint density at radius 2 is 1.77 bits per heavy atom. The van der Waals surface area contributed by atoms with Gasteiger partial charge in [-0.1, -0.05) is 11.6 Å². The second kappa shape index (κ2) is 6.79. The lowest BCUT2D eigenvalue weighted by Gasteiger charge is -2.27. The summed E-state index contributed by atoms with van der Waals surface area (Å²) >= 11 is 5.84. The smallest absolute Gasteiger partial charge is 0.264 e. The van der Waals surface area contributed by atoms with Crippen molar-refractivity contribution in [2.45, 2.75) is 32.4 Å². The largest absolute Gasteiger partial charge is 0.478 e. The first-order valence-electron chi connectivity index (χ1n) is 7.04. The van der Waals surface area contributed by atoms with Gasteiger partial charge in [-0.2, -0.15) is 0 Å². The summed E-state index contributed by atoms with van der Waals surface area (Å²) in [7, 11) is 0. The molecule has 1 aromatic carbocycles. The summed E-state index contributed by atoms with van der Waals surface area (Å²) in [5.41, 5.74) is 0.000384. The van der Waals surface area contributed by atoms with Gasteiger partial charge in [0.1, 0.15) is 5.75 Å². The third-order valence-corrected chi connectivity index (χ3v) is 3.54. The maximum atomic E-state index is 12.4. The van der Waals surface area contributed by atoms with Crippen molar-refractivity contribution in [1.82, 2.24) is 10.3 Å². The Labute approximate surface area is 135 Å². The Morgan fingerprint density at radius 3 is 2.36 bits per heavy atom. The minimum Gasteiger partial charge on any atom is -0.478 e. The van der Waals surface area contributed by atoms with Crippen LogP contribution in [0.3, 0.4) is 0 Å². The van der Waals surface area contributed by atoms with E-state index in [1.165, 1.54) is 0 Å². The first kappa shape index (κ1) is 16.3. The van der Waals surface area contributed by atoms with Crippen LogP contribution in [0.25, 0.3) is 0 Å². The van der Waals surface area contributed by atoms with E-state index >= 15 is 0 Å². The monoisotopic (exact) mass is 318 g/mol. The molecule has 0 saturated heterocycles. The number of carbonyl (C=O) groups is 1. The van der Waals surface area contributed by atoms with Crippen LogP contribution in [0.2, 0.25) is 5.02 Å². The van der Waals surface area contributed by atoms with Crippen LogP contribution in [0.15, 0.2) is 48.8 Å². The predicted octanol–water partition coefficient (Wildman–Crippen LogP) is 3.77. The fourth-order valence-corrected chi connectivity index (χ4v) is 2.08. The molecule has 0 aliphatic heterocycles. The Hall–Kier alpha value is -2.07. The molecule has 4 nitrogen and oxygen atoms in total. The van der Waals surface area contributed by atoms with Crippen LogP contribution in [-0.4, -0.2) is 16.5 Å². The first-order valence-corrected chi connectivity index (χ1v) is 7.42. The molecule has 22 heavy (non-hydrogen) atoms. The highest BCUT2D eigenvalue weighted by Gasteiger charge is 2.31. The number of aromatic nitrogens is 1. The Balaban J connectivity index is 2.02. The van der Waals surface area contributed by atoms with E-state index in [0.29, 0.717) is 10.8 Å². The van der Waals surface area contributed by atoms with Crippen LogP contribution in [0, 0.1) is 0 Å². The second-order valence-electron chi connectivity index (χ2n) is 5.54. The van der Waals surface area contributed by atoms with Crippen molar-refractivity contribution < 1.29 is 9.53 Å². The Morgan fingerprint density at radius 1 is 1.18 bits per heavy atom. The molecule has 0 aliphatic carbocycles. The van der Waals surface area contributed by atoms with E-state index in [9.17, 15) is 4.79 Å². The number of benzene rings is 1. The fraction of sp³-hybridized carbons (Fsp3) is 0.294. The number of amides is 1. The molecule has 0 saturated carbocycles. The molecule has 1 amide bonds. The van der Waals surface area contributed by atoms with Crippen LogP contribution in [0.5, 0.6) is 5.75 Å². The maximum Gasteiger partial charge on any atom is 0.264 e. The number of hydrogen-bond acceptors (Lipinski definition) is 3. The van der Waals surface area contributed by atoms with Crippen LogP contribution in [-0.2, 0) is 4.79 Å². The molecule has 0 radical (unpaired) electrons. The van der Waals surface area contributed by atoms with Crippen LogP contribution < -0.4 is 10.1 Å². The van der Waals surface area contributed by atoms with Gasteiger partial charge < -0.3 is 10.1 Å². The maximum absolute atomic E-state index is 12.4. The molecule has 5 heteroatoms. The van der Waals surface area contributed by atoms with Crippen LogP contribution in [0.1, 0.15) is 32.4 Å². The number of ether oxygens (including phenoxy) is 1. The summed E-state index contributed by atoms with van der Waals surface area (Å²) in [5.74, 6) is 0.410. The first-order chi connectivity index (χ1) is 10.4. The zero-order valence-corrected chi connectivity index (χ0v) is 13.6. The number of nitrogens with one attached hydrogen (secondary N) is 1. The summed E-state index contributed by atoms with van der Waals surface area (Å²) < 4.78 is 5.77. The quantitative estimate of drug-likeness (QED) is 0.913. The highest BCUT2D eigenvalue weighted by atomic mass is 35.5. The van der Waals surface area contributed by atoms with Gasteiger partial charge in [-0.3, -0.25) is 9.78 Å². The number of carbonyl (C=O) groups excluding carboxylic acids is 1. The number of hydrogen-bond donors (Lipinski definition) is 1. The van der Waals surface area contributed by atoms with Gasteiger partial charge in [-0.25, -0.2) is 0 Å². The van der Waals surface area contributed by atoms with E-state index in [4.69, 9.17) is 16.3 Å². The van der Waals surface area contributed by atoms with Crippen molar-refractivity contribution in [1.29, 1.82) is 0 Å². The molecule has 0 bridgehead atoms. The number of nitrogens with zero attached hydrogens (tertiary/aromatic N) is 1. The molecule has 0 unspecified atom stereocenters. The lowest BCUT2D eigenvalue weighted by atomic mass is 10.1. The summed E-state index contributed by atoms with van der Waals surface area (Å²) in [4.78, 5) is 16.4. The minimum atomic E-state index is -0.991. The van der Waals surface area contributed by atoms with Crippen molar-refractivity contribution in [3.63, 3.8) is 0 Å². The summed E-state index contributed by atoms with van der Waals surface area (Å²) in [6.45, 7) is 5.39. The average molecular weight is 319 g/mol. The Kier molecular flexibility index (Phi) is 5.03. The van der Waals surface area contributed by atoms with Gasteiger partial charge in [0.05, 0.1) is 6.04 Å². The van der Waals surface area contributed by atoms with E-state index in [-0.39, 0.29) is 11.9 Å². The van der Waals surface area contributed by atoms with E-state index in [2.05, 4.69) is 10.3 Å². The summed E-state index contributed by atoms with van der Waals surface area (Å²) in [6, 6.07) is 10.6. The van der Waals surface area contributed by atoms with E-state index in [0.717, 1.165) is 5.56 Å². The second-order valence-corrected chi connectivity index (χ2v) is 5.98. The van der Waals surface area contributed by atoms with Crippen molar-refractivity contribution in [3.8, 4) is 5.75 Å². The molecule has 0 spiro atoms. The van der Waals surface area contributed by atoms with Crippen molar-refractivity contribution in [2.24, 2.45) is 0 Å². The lowest BCUT2D eigenvalue weighted by molar-refractivity contribution is -0.134. The van der Waals surface area contributed by atoms with Crippen LogP contribution >= 0.6 is 11.6 Å². The van der Waals surface area contributed by atoms with Gasteiger partial charge in [0.15, 0.2) is 5.60 Å². The third-order valence-electron chi connectivity index (χ3n) is 3.29. The number of halogens is 1. The lowest BCUT2D eigenvalue weighted by Crippen LogP contribution is -2.47. The van der Waals surface area contributed by atoms with Crippen LogP contribution in [0.4, 0.5) is 0 Å². The zero-order valence-electron chi connectivity index (χ0n) is 12.8. The standard InChI is InChI=1S/C17H19ClN2O2/c1-12(13-8-10-19-11-9-13)20-16(21)17(2,3)22-15-6-4-14(18)5-7-15/h4-12H,1-3H3,(H,20,21)/t12-/m0/s1. The molecule has 2 rings (SSSR count). The van der Waals surface area contributed by atoms with Gasteiger partial charge >= 0.3 is 0 Å². The van der Waals surface area contributed by atoms with Crippen molar-refractivity contribution in [2.75, 3.05) is 0 Å². The molecular formula is C17H19ClN2O2. The van der Waals surface area contributed by atoms with Crippen molar-refractivity contribution in [3.05, 3.63) is 59.4 Å². The van der Waals surface area contributed by atoms with Gasteiger partial charge in [-0.05, 0) is 62.7 Å². The van der Waals surface area contributed by atoms with Gasteiger partial charge in [0.25, 0.3) is 5.91 Å². The molecule has 1 aromatic heterocycles. The molecule has 0 aliphatic rings. The molecular weight excluding hydrogens is 300 g/mol. The van der Waals surface area contributed by atoms with Gasteiger partial charge in [0.2, 0.25) is 0 Å². The molecule has 2 aromatic rings. The van der Waals surface area contributed by atoms with Gasteiger partial charge in [0, 0.05) is 17.4 Å². The highest BCUT2D eigenvalue weighted by Crippen LogP contribution is 2.22. The zero-order chi connectivity index (χ0) is 16.2. The number of pyridine rings is 1. The topological polar surface area (TPSA) is 51.2 Å². The molecule has 116 valence electrons. The normalized spacial score (nSPS) is 12.5. The molecule has 1 atom stereocenters. The summed E-state index contributed by atoms with van der Waals surface area (Å²) in [6.07, 6.45) is 3.40. The third kappa shape index (κ3) is 4.21. The highest BCUT2D eigenvalue weighted by molar-refractivity contribution is 6.30. The van der Waals surface area contributed by atoms with Crippen molar-refractivity contribution >= 4 is 17.5 Å². The minimum absolute atomic E-state index is 0.122. The Bertz CT molecular complexity index is 627. The molecule has 1 N–H and O–H groups in total. The summed E-state index contributed by atoms with van der Waals surface area (Å²) in [5, 5.41) is 3.58. The predicted molar refractivity (Wildman–Crippen MR) is 87.0 cm³/mol. The van der Waals surface area contributed by atoms with E-state index in [1.807, 2.05) is 19.1 Å². The SMILES string of the molecule is C[C@H](NC(=O)C(C)(C)Oc1ccc(Cl)cc1)c1ccncc1.